The van der Waals surface area contributed by atoms with Crippen molar-refractivity contribution in [3.8, 4) is 0 Å². The van der Waals surface area contributed by atoms with Gasteiger partial charge in [0.1, 0.15) is 0 Å². The fourth-order valence-electron chi connectivity index (χ4n) is 2.74. The first-order valence-electron chi connectivity index (χ1n) is 7.39. The summed E-state index contributed by atoms with van der Waals surface area (Å²) in [5.74, 6) is -1.16. The summed E-state index contributed by atoms with van der Waals surface area (Å²) in [6.45, 7) is 1.73. The third-order valence-corrected chi connectivity index (χ3v) is 3.79. The van der Waals surface area contributed by atoms with Gasteiger partial charge in [-0.05, 0) is 41.8 Å². The Balaban J connectivity index is 0.00000208. The van der Waals surface area contributed by atoms with Gasteiger partial charge in [0.25, 0.3) is 11.8 Å². The summed E-state index contributed by atoms with van der Waals surface area (Å²) in [7, 11) is 0. The second-order valence-corrected chi connectivity index (χ2v) is 5.32. The average Bonchev–Trinajstić information content (AvgIpc) is 3.10. The third kappa shape index (κ3) is 3.92. The maximum absolute atomic E-state index is 12.1. The van der Waals surface area contributed by atoms with E-state index in [1.54, 1.807) is 12.1 Å². The number of piperidine rings is 1. The van der Waals surface area contributed by atoms with E-state index in [9.17, 15) is 9.59 Å². The third-order valence-electron chi connectivity index (χ3n) is 3.79. The Morgan fingerprint density at radius 1 is 1.21 bits per heavy atom. The minimum atomic E-state index is -0.586. The zero-order chi connectivity index (χ0) is 16.2. The molecule has 3 rings (SSSR count). The van der Waals surface area contributed by atoms with Crippen LogP contribution in [-0.4, -0.2) is 75.1 Å². The fraction of sp³-hybridized carbons (Fsp3) is 0.357. The Kier molecular flexibility index (Phi) is 6.29. The molecule has 2 aromatic rings. The van der Waals surface area contributed by atoms with Gasteiger partial charge in [-0.1, -0.05) is 6.07 Å². The number of nitrogens with two attached hydrogens (primary N) is 1. The van der Waals surface area contributed by atoms with Crippen LogP contribution in [0, 0.1) is 0 Å². The van der Waals surface area contributed by atoms with E-state index in [1.165, 1.54) is 6.42 Å². The van der Waals surface area contributed by atoms with Crippen LogP contribution in [0.1, 0.15) is 40.2 Å². The molecular formula is C14H18N7NaO2. The Morgan fingerprint density at radius 2 is 1.96 bits per heavy atom. The predicted octanol–water partition coefficient (Wildman–Crippen LogP) is -0.107. The van der Waals surface area contributed by atoms with E-state index >= 15 is 0 Å². The SMILES string of the molecule is NC(=O)c1c(NC(=O)c2nnn[nH]2)cccc1N1CCCCC1.[NaH]. The van der Waals surface area contributed by atoms with Crippen LogP contribution in [0.5, 0.6) is 0 Å². The molecule has 1 aliphatic heterocycles. The van der Waals surface area contributed by atoms with Crippen LogP contribution >= 0.6 is 0 Å². The second kappa shape index (κ2) is 8.22. The first-order chi connectivity index (χ1) is 11.2. The molecule has 1 aromatic carbocycles. The minimum absolute atomic E-state index is 0. The number of anilines is 2. The number of primary amides is 1. The molecule has 0 saturated carbocycles. The van der Waals surface area contributed by atoms with Gasteiger partial charge in [0.2, 0.25) is 5.82 Å². The molecule has 1 aliphatic rings. The van der Waals surface area contributed by atoms with Crippen LogP contribution in [0.2, 0.25) is 0 Å². The van der Waals surface area contributed by atoms with Crippen molar-refractivity contribution in [2.24, 2.45) is 5.73 Å². The number of carbonyl (C=O) groups is 2. The monoisotopic (exact) mass is 339 g/mol. The van der Waals surface area contributed by atoms with Crippen molar-refractivity contribution in [2.45, 2.75) is 19.3 Å². The molecule has 9 nitrogen and oxygen atoms in total. The number of nitrogens with one attached hydrogen (secondary N) is 2. The Bertz CT molecular complexity index is 714. The van der Waals surface area contributed by atoms with Crippen LogP contribution in [-0.2, 0) is 0 Å². The van der Waals surface area contributed by atoms with E-state index in [-0.39, 0.29) is 35.4 Å². The first-order valence-corrected chi connectivity index (χ1v) is 7.39. The zero-order valence-electron chi connectivity index (χ0n) is 12.5. The number of hydrogen-bond donors (Lipinski definition) is 3. The number of aromatic nitrogens is 4. The molecule has 2 heterocycles. The van der Waals surface area contributed by atoms with Gasteiger partial charge in [0.15, 0.2) is 0 Å². The summed E-state index contributed by atoms with van der Waals surface area (Å²) >= 11 is 0. The van der Waals surface area contributed by atoms with Crippen LogP contribution in [0.25, 0.3) is 0 Å². The number of nitrogens with zero attached hydrogens (tertiary/aromatic N) is 4. The molecule has 0 atom stereocenters. The summed E-state index contributed by atoms with van der Waals surface area (Å²) in [4.78, 5) is 26.2. The molecule has 2 amide bonds. The molecule has 24 heavy (non-hydrogen) atoms. The number of H-pyrrole nitrogens is 1. The topological polar surface area (TPSA) is 130 Å². The number of carbonyl (C=O) groups excluding carboxylic acids is 2. The molecule has 0 bridgehead atoms. The Labute approximate surface area is 160 Å². The van der Waals surface area contributed by atoms with E-state index in [0.717, 1.165) is 31.6 Å². The summed E-state index contributed by atoms with van der Waals surface area (Å²) < 4.78 is 0. The molecule has 10 heteroatoms. The summed E-state index contributed by atoms with van der Waals surface area (Å²) in [6.07, 6.45) is 3.31. The van der Waals surface area contributed by atoms with Gasteiger partial charge in [-0.15, -0.1) is 5.10 Å². The van der Waals surface area contributed by atoms with E-state index < -0.39 is 11.8 Å². The van der Waals surface area contributed by atoms with Crippen molar-refractivity contribution in [2.75, 3.05) is 23.3 Å². The van der Waals surface area contributed by atoms with E-state index in [0.29, 0.717) is 11.3 Å². The van der Waals surface area contributed by atoms with Gasteiger partial charge in [0.05, 0.1) is 16.9 Å². The quantitative estimate of drug-likeness (QED) is 0.667. The number of amides is 2. The van der Waals surface area contributed by atoms with Crippen molar-refractivity contribution in [3.05, 3.63) is 29.6 Å². The van der Waals surface area contributed by atoms with E-state index in [4.69, 9.17) is 5.73 Å². The van der Waals surface area contributed by atoms with Gasteiger partial charge in [-0.3, -0.25) is 9.59 Å². The standard InChI is InChI=1S/C14H17N7O2.Na.H/c15-12(22)11-9(16-14(23)13-17-19-20-18-13)5-4-6-10(11)21-7-2-1-3-8-21;;/h4-6H,1-3,7-8H2,(H2,15,22)(H,16,23)(H,17,18,19,20);;. The second-order valence-electron chi connectivity index (χ2n) is 5.32. The van der Waals surface area contributed by atoms with Crippen LogP contribution in [0.15, 0.2) is 18.2 Å². The van der Waals surface area contributed by atoms with Crippen molar-refractivity contribution < 1.29 is 9.59 Å². The fourth-order valence-corrected chi connectivity index (χ4v) is 2.74. The van der Waals surface area contributed by atoms with Gasteiger partial charge >= 0.3 is 29.6 Å². The molecule has 4 N–H and O–H groups in total. The van der Waals surface area contributed by atoms with Crippen LogP contribution < -0.4 is 16.0 Å². The Morgan fingerprint density at radius 3 is 2.58 bits per heavy atom. The molecule has 1 aromatic heterocycles. The predicted molar refractivity (Wildman–Crippen MR) is 90.3 cm³/mol. The van der Waals surface area contributed by atoms with E-state index in [2.05, 4.69) is 30.8 Å². The van der Waals surface area contributed by atoms with Crippen LogP contribution in [0.4, 0.5) is 11.4 Å². The molecule has 1 saturated heterocycles. The molecule has 122 valence electrons. The number of rotatable bonds is 4. The van der Waals surface area contributed by atoms with Gasteiger partial charge < -0.3 is 16.0 Å². The number of benzene rings is 1. The molecule has 1 fully saturated rings. The van der Waals surface area contributed by atoms with E-state index in [1.807, 2.05) is 6.07 Å². The summed E-state index contributed by atoms with van der Waals surface area (Å²) in [5.41, 5.74) is 6.94. The first kappa shape index (κ1) is 18.4. The zero-order valence-corrected chi connectivity index (χ0v) is 12.5. The normalized spacial score (nSPS) is 13.9. The van der Waals surface area contributed by atoms with Gasteiger partial charge in [-0.2, -0.15) is 0 Å². The van der Waals surface area contributed by atoms with Crippen molar-refractivity contribution >= 4 is 52.7 Å². The molecule has 0 unspecified atom stereocenters. The number of aromatic amines is 1. The maximum atomic E-state index is 12.1. The Hall–Kier alpha value is -1.97. The average molecular weight is 339 g/mol. The molecular weight excluding hydrogens is 321 g/mol. The van der Waals surface area contributed by atoms with Gasteiger partial charge in [-0.25, -0.2) is 5.10 Å². The molecule has 0 aliphatic carbocycles. The molecule has 0 radical (unpaired) electrons. The van der Waals surface area contributed by atoms with Crippen molar-refractivity contribution in [1.82, 2.24) is 20.6 Å². The van der Waals surface area contributed by atoms with Crippen molar-refractivity contribution in [3.63, 3.8) is 0 Å². The summed E-state index contributed by atoms with van der Waals surface area (Å²) in [5, 5.41) is 15.3. The number of hydrogen-bond acceptors (Lipinski definition) is 6. The number of tetrazole rings is 1. The molecule has 0 spiro atoms. The van der Waals surface area contributed by atoms with Gasteiger partial charge in [0, 0.05) is 13.1 Å². The van der Waals surface area contributed by atoms with Crippen molar-refractivity contribution in [1.29, 1.82) is 0 Å². The summed E-state index contributed by atoms with van der Waals surface area (Å²) in [6, 6.07) is 5.26. The van der Waals surface area contributed by atoms with Crippen LogP contribution in [0.3, 0.4) is 0 Å².